The number of hydrogen-bond acceptors (Lipinski definition) is 8. The number of carbonyl (C=O) groups is 1. The lowest BCUT2D eigenvalue weighted by molar-refractivity contribution is 0.0396. The van der Waals surface area contributed by atoms with Gasteiger partial charge in [-0.15, -0.1) is 0 Å². The SMILES string of the molecule is CC(OS(=O)[O-])C(C)(C)C[C@@H](COS(C)(=O)=O)NC(=O)OC(C)(C)C. The maximum atomic E-state index is 12.0. The Labute approximate surface area is 152 Å². The van der Waals surface area contributed by atoms with Crippen molar-refractivity contribution in [2.45, 2.75) is 65.7 Å². The van der Waals surface area contributed by atoms with Crippen LogP contribution in [0.1, 0.15) is 48.0 Å². The minimum absolute atomic E-state index is 0.195. The summed E-state index contributed by atoms with van der Waals surface area (Å²) in [6, 6.07) is -0.731. The van der Waals surface area contributed by atoms with Gasteiger partial charge in [-0.25, -0.2) is 9.00 Å². The Balaban J connectivity index is 5.11. The van der Waals surface area contributed by atoms with Crippen LogP contribution in [0.15, 0.2) is 0 Å². The van der Waals surface area contributed by atoms with Gasteiger partial charge in [0.1, 0.15) is 5.60 Å². The Morgan fingerprint density at radius 3 is 2.16 bits per heavy atom. The lowest BCUT2D eigenvalue weighted by atomic mass is 9.81. The van der Waals surface area contributed by atoms with Gasteiger partial charge in [-0.3, -0.25) is 8.37 Å². The zero-order chi connectivity index (χ0) is 20.1. The molecular weight excluding hydrogens is 374 g/mol. The normalized spacial score (nSPS) is 16.8. The van der Waals surface area contributed by atoms with Gasteiger partial charge >= 0.3 is 6.09 Å². The van der Waals surface area contributed by atoms with E-state index in [2.05, 4.69) is 5.32 Å². The zero-order valence-corrected chi connectivity index (χ0v) is 17.3. The molecule has 0 bridgehead atoms. The van der Waals surface area contributed by atoms with Crippen molar-refractivity contribution >= 4 is 27.6 Å². The van der Waals surface area contributed by atoms with Crippen LogP contribution in [0, 0.1) is 5.41 Å². The first-order valence-electron chi connectivity index (χ1n) is 7.62. The molecule has 0 aromatic heterocycles. The van der Waals surface area contributed by atoms with E-state index in [0.29, 0.717) is 0 Å². The third-order valence-corrected chi connectivity index (χ3v) is 4.31. The number of rotatable bonds is 9. The molecule has 150 valence electrons. The third kappa shape index (κ3) is 12.3. The molecule has 9 nitrogen and oxygen atoms in total. The quantitative estimate of drug-likeness (QED) is 0.453. The lowest BCUT2D eigenvalue weighted by Crippen LogP contribution is -2.46. The first kappa shape index (κ1) is 24.2. The van der Waals surface area contributed by atoms with Crippen molar-refractivity contribution in [1.29, 1.82) is 0 Å². The molecule has 0 aliphatic heterocycles. The molecule has 3 atom stereocenters. The van der Waals surface area contributed by atoms with Gasteiger partial charge in [0, 0.05) is 0 Å². The van der Waals surface area contributed by atoms with Crippen molar-refractivity contribution in [3.63, 3.8) is 0 Å². The minimum atomic E-state index is -3.71. The lowest BCUT2D eigenvalue weighted by Gasteiger charge is -2.35. The van der Waals surface area contributed by atoms with E-state index < -0.39 is 50.7 Å². The molecular formula is C14H28NO8S2-. The Hall–Kier alpha value is -0.750. The smallest absolute Gasteiger partial charge is 0.407 e. The van der Waals surface area contributed by atoms with Crippen LogP contribution in [-0.4, -0.2) is 53.9 Å². The monoisotopic (exact) mass is 402 g/mol. The molecule has 1 N–H and O–H groups in total. The summed E-state index contributed by atoms with van der Waals surface area (Å²) in [6.45, 7) is 9.80. The first-order chi connectivity index (χ1) is 11.0. The van der Waals surface area contributed by atoms with Crippen LogP contribution in [0.2, 0.25) is 0 Å². The molecule has 0 aliphatic carbocycles. The molecule has 0 saturated carbocycles. The molecule has 0 spiro atoms. The van der Waals surface area contributed by atoms with E-state index in [1.165, 1.54) is 0 Å². The van der Waals surface area contributed by atoms with Crippen LogP contribution >= 0.6 is 0 Å². The average molecular weight is 403 g/mol. The van der Waals surface area contributed by atoms with Crippen molar-refractivity contribution in [3.05, 3.63) is 0 Å². The van der Waals surface area contributed by atoms with Gasteiger partial charge in [-0.2, -0.15) is 8.42 Å². The molecule has 0 radical (unpaired) electrons. The van der Waals surface area contributed by atoms with Gasteiger partial charge in [0.25, 0.3) is 10.1 Å². The van der Waals surface area contributed by atoms with Gasteiger partial charge in [0.2, 0.25) is 0 Å². The second kappa shape index (κ2) is 9.26. The fourth-order valence-corrected chi connectivity index (χ4v) is 2.79. The fourth-order valence-electron chi connectivity index (χ4n) is 1.88. The van der Waals surface area contributed by atoms with Crippen LogP contribution in [0.5, 0.6) is 0 Å². The highest BCUT2D eigenvalue weighted by Crippen LogP contribution is 2.30. The summed E-state index contributed by atoms with van der Waals surface area (Å²) in [6.07, 6.45) is -0.340. The van der Waals surface area contributed by atoms with Crippen LogP contribution in [-0.2, 0) is 34.6 Å². The van der Waals surface area contributed by atoms with Crippen LogP contribution in [0.4, 0.5) is 4.79 Å². The highest BCUT2D eigenvalue weighted by atomic mass is 32.2. The third-order valence-electron chi connectivity index (χ3n) is 3.30. The maximum Gasteiger partial charge on any atom is 0.407 e. The van der Waals surface area contributed by atoms with E-state index in [9.17, 15) is 22.0 Å². The molecule has 0 fully saturated rings. The molecule has 0 aromatic rings. The van der Waals surface area contributed by atoms with Crippen molar-refractivity contribution in [1.82, 2.24) is 5.32 Å². The molecule has 0 aromatic carbocycles. The topological polar surface area (TPSA) is 131 Å². The second-order valence-electron chi connectivity index (χ2n) is 7.47. The summed E-state index contributed by atoms with van der Waals surface area (Å²) in [5.41, 5.74) is -1.43. The number of carbonyl (C=O) groups excluding carboxylic acids is 1. The van der Waals surface area contributed by atoms with E-state index >= 15 is 0 Å². The zero-order valence-electron chi connectivity index (χ0n) is 15.7. The number of ether oxygens (including phenoxy) is 1. The first-order valence-corrected chi connectivity index (χ1v) is 10.4. The van der Waals surface area contributed by atoms with Gasteiger partial charge in [-0.05, 0) is 39.5 Å². The summed E-state index contributed by atoms with van der Waals surface area (Å²) in [5.74, 6) is 0. The summed E-state index contributed by atoms with van der Waals surface area (Å²) in [5, 5.41) is 2.55. The maximum absolute atomic E-state index is 12.0. The van der Waals surface area contributed by atoms with Crippen molar-refractivity contribution in [3.8, 4) is 0 Å². The highest BCUT2D eigenvalue weighted by Gasteiger charge is 2.32. The van der Waals surface area contributed by atoms with Gasteiger partial charge in [-0.1, -0.05) is 13.8 Å². The predicted octanol–water partition coefficient (Wildman–Crippen LogP) is 1.47. The average Bonchev–Trinajstić information content (AvgIpc) is 2.31. The summed E-state index contributed by atoms with van der Waals surface area (Å²) < 4.78 is 58.6. The molecule has 1 amide bonds. The largest absolute Gasteiger partial charge is 0.750 e. The number of amides is 1. The van der Waals surface area contributed by atoms with Gasteiger partial charge < -0.3 is 14.6 Å². The second-order valence-corrected chi connectivity index (χ2v) is 9.71. The molecule has 2 unspecified atom stereocenters. The van der Waals surface area contributed by atoms with Crippen molar-refractivity contribution in [2.24, 2.45) is 5.41 Å². The van der Waals surface area contributed by atoms with Crippen LogP contribution in [0.25, 0.3) is 0 Å². The number of nitrogens with one attached hydrogen (secondary N) is 1. The standard InChI is InChI=1S/C14H29NO8S2/c1-10(23-24(17)18)14(5,6)8-11(9-21-25(7,19)20)15-12(16)22-13(2,3)4/h10-11H,8-9H2,1-7H3,(H,15,16)(H,17,18)/p-1/t10?,11-/m0/s1. The molecule has 0 rings (SSSR count). The van der Waals surface area contributed by atoms with E-state index in [4.69, 9.17) is 13.1 Å². The Kier molecular flexibility index (Phi) is 8.99. The molecule has 0 aliphatic rings. The summed E-state index contributed by atoms with van der Waals surface area (Å²) >= 11 is -2.69. The van der Waals surface area contributed by atoms with Gasteiger partial charge in [0.05, 0.1) is 36.4 Å². The van der Waals surface area contributed by atoms with E-state index in [-0.39, 0.29) is 13.0 Å². The fraction of sp³-hybridized carbons (Fsp3) is 0.929. The van der Waals surface area contributed by atoms with Crippen LogP contribution < -0.4 is 5.32 Å². The van der Waals surface area contributed by atoms with Crippen molar-refractivity contribution in [2.75, 3.05) is 12.9 Å². The minimum Gasteiger partial charge on any atom is -0.750 e. The molecule has 11 heteroatoms. The van der Waals surface area contributed by atoms with Crippen molar-refractivity contribution < 1.29 is 35.1 Å². The number of hydrogen-bond donors (Lipinski definition) is 1. The van der Waals surface area contributed by atoms with E-state index in [0.717, 1.165) is 6.26 Å². The summed E-state index contributed by atoms with van der Waals surface area (Å²) in [4.78, 5) is 12.0. The molecule has 0 saturated heterocycles. The number of alkyl carbamates (subject to hydrolysis) is 1. The molecule has 25 heavy (non-hydrogen) atoms. The Bertz CT molecular complexity index is 568. The predicted molar refractivity (Wildman–Crippen MR) is 91.8 cm³/mol. The Morgan fingerprint density at radius 1 is 1.24 bits per heavy atom. The Morgan fingerprint density at radius 2 is 1.76 bits per heavy atom. The summed E-state index contributed by atoms with van der Waals surface area (Å²) in [7, 11) is -3.71. The van der Waals surface area contributed by atoms with E-state index in [1.807, 2.05) is 0 Å². The van der Waals surface area contributed by atoms with E-state index in [1.54, 1.807) is 41.5 Å². The molecule has 0 heterocycles. The highest BCUT2D eigenvalue weighted by molar-refractivity contribution is 7.85. The van der Waals surface area contributed by atoms with Gasteiger partial charge in [0.15, 0.2) is 0 Å². The van der Waals surface area contributed by atoms with Crippen LogP contribution in [0.3, 0.4) is 0 Å².